The second-order valence-corrected chi connectivity index (χ2v) is 15.7. The summed E-state index contributed by atoms with van der Waals surface area (Å²) < 4.78 is 26.7. The van der Waals surface area contributed by atoms with Crippen molar-refractivity contribution < 1.29 is 18.9 Å². The Hall–Kier alpha value is -3.92. The van der Waals surface area contributed by atoms with Crippen LogP contribution in [0.1, 0.15) is 108 Å². The number of rotatable bonds is 15. The largest absolute Gasteiger partial charge is 0.489 e. The first-order valence-electron chi connectivity index (χ1n) is 19.1. The van der Waals surface area contributed by atoms with Crippen molar-refractivity contribution in [3.63, 3.8) is 0 Å². The van der Waals surface area contributed by atoms with Gasteiger partial charge in [-0.1, -0.05) is 122 Å². The molecule has 0 radical (unpaired) electrons. The Bertz CT molecular complexity index is 1780. The highest BCUT2D eigenvalue weighted by Crippen LogP contribution is 2.65. The third kappa shape index (κ3) is 6.51. The first kappa shape index (κ1) is 35.9. The van der Waals surface area contributed by atoms with Crippen molar-refractivity contribution in [3.8, 4) is 45.3 Å². The monoisotopic (exact) mass is 674 g/mol. The molecule has 0 heterocycles. The van der Waals surface area contributed by atoms with Crippen LogP contribution in [0.25, 0.3) is 22.3 Å². The highest BCUT2D eigenvalue weighted by Gasteiger charge is 2.53. The fourth-order valence-electron chi connectivity index (χ4n) is 7.22. The molecule has 3 unspecified atom stereocenters. The van der Waals surface area contributed by atoms with E-state index >= 15 is 0 Å². The molecule has 1 spiro atoms. The molecule has 50 heavy (non-hydrogen) atoms. The van der Waals surface area contributed by atoms with Crippen molar-refractivity contribution in [1.82, 2.24) is 0 Å². The lowest BCUT2D eigenvalue weighted by Crippen LogP contribution is -2.26. The van der Waals surface area contributed by atoms with Crippen LogP contribution in [-0.4, -0.2) is 26.4 Å². The lowest BCUT2D eigenvalue weighted by Gasteiger charge is -2.32. The van der Waals surface area contributed by atoms with E-state index in [0.717, 1.165) is 42.3 Å². The minimum atomic E-state index is -0.553. The van der Waals surface area contributed by atoms with E-state index in [4.69, 9.17) is 18.9 Å². The molecule has 0 fully saturated rings. The van der Waals surface area contributed by atoms with Gasteiger partial charge in [-0.15, -0.1) is 0 Å². The number of fused-ring (bicyclic) bond motifs is 10. The van der Waals surface area contributed by atoms with Gasteiger partial charge in [-0.3, -0.25) is 0 Å². The molecule has 266 valence electrons. The number of ether oxygens (including phenoxy) is 4. The van der Waals surface area contributed by atoms with Gasteiger partial charge in [0.05, 0.1) is 31.8 Å². The highest BCUT2D eigenvalue weighted by atomic mass is 16.5. The number of aryl methyl sites for hydroxylation is 2. The molecule has 0 bridgehead atoms. The SMILES string of the molecule is CCC(C)COc1cc2c(cc1OCC(C)C)-c1cc(OCC(C)CC)c(OCC(C)CC)cc1C21c2cc(C)ccc2-c2ccc(C)cc21. The Labute approximate surface area is 301 Å². The second kappa shape index (κ2) is 14.7. The van der Waals surface area contributed by atoms with Crippen molar-refractivity contribution in [2.24, 2.45) is 23.7 Å². The molecule has 6 rings (SSSR count). The summed E-state index contributed by atoms with van der Waals surface area (Å²) in [5, 5.41) is 0. The summed E-state index contributed by atoms with van der Waals surface area (Å²) in [6, 6.07) is 23.0. The zero-order valence-electron chi connectivity index (χ0n) is 32.2. The fraction of sp³-hybridized carbons (Fsp3) is 0.478. The average Bonchev–Trinajstić information content (AvgIpc) is 3.54. The van der Waals surface area contributed by atoms with Crippen LogP contribution in [0.5, 0.6) is 23.0 Å². The normalized spacial score (nSPS) is 15.3. The van der Waals surface area contributed by atoms with Crippen LogP contribution in [0.4, 0.5) is 0 Å². The lowest BCUT2D eigenvalue weighted by atomic mass is 9.70. The molecule has 2 aliphatic carbocycles. The van der Waals surface area contributed by atoms with Crippen LogP contribution in [0.2, 0.25) is 0 Å². The van der Waals surface area contributed by atoms with Crippen LogP contribution < -0.4 is 18.9 Å². The van der Waals surface area contributed by atoms with Gasteiger partial charge >= 0.3 is 0 Å². The lowest BCUT2D eigenvalue weighted by molar-refractivity contribution is 0.217. The smallest absolute Gasteiger partial charge is 0.161 e. The van der Waals surface area contributed by atoms with Crippen LogP contribution in [0.15, 0.2) is 60.7 Å². The zero-order chi connectivity index (χ0) is 35.7. The zero-order valence-corrected chi connectivity index (χ0v) is 32.2. The summed E-state index contributed by atoms with van der Waals surface area (Å²) in [6.07, 6.45) is 3.17. The van der Waals surface area contributed by atoms with Gasteiger partial charge in [-0.05, 0) is 106 Å². The minimum absolute atomic E-state index is 0.384. The Morgan fingerprint density at radius 2 is 0.780 bits per heavy atom. The van der Waals surface area contributed by atoms with E-state index in [1.165, 1.54) is 55.6 Å². The molecular weight excluding hydrogens is 617 g/mol. The van der Waals surface area contributed by atoms with Gasteiger partial charge in [-0.2, -0.15) is 0 Å². The Morgan fingerprint density at radius 3 is 1.14 bits per heavy atom. The molecule has 0 saturated carbocycles. The summed E-state index contributed by atoms with van der Waals surface area (Å²) in [7, 11) is 0. The molecule has 4 heteroatoms. The first-order chi connectivity index (χ1) is 24.0. The molecule has 4 aromatic carbocycles. The van der Waals surface area contributed by atoms with E-state index < -0.39 is 5.41 Å². The first-order valence-corrected chi connectivity index (χ1v) is 19.1. The molecular formula is C46H58O4. The van der Waals surface area contributed by atoms with E-state index in [2.05, 4.69) is 130 Å². The van der Waals surface area contributed by atoms with Crippen molar-refractivity contribution in [2.75, 3.05) is 26.4 Å². The quantitative estimate of drug-likeness (QED) is 0.109. The van der Waals surface area contributed by atoms with Crippen LogP contribution in [0.3, 0.4) is 0 Å². The Kier molecular flexibility index (Phi) is 10.6. The summed E-state index contributed by atoms with van der Waals surface area (Å²) in [4.78, 5) is 0. The van der Waals surface area contributed by atoms with Gasteiger partial charge in [0.2, 0.25) is 0 Å². The predicted molar refractivity (Wildman–Crippen MR) is 207 cm³/mol. The second-order valence-electron chi connectivity index (χ2n) is 15.7. The summed E-state index contributed by atoms with van der Waals surface area (Å²) >= 11 is 0. The van der Waals surface area contributed by atoms with Gasteiger partial charge < -0.3 is 18.9 Å². The molecule has 4 nitrogen and oxygen atoms in total. The Morgan fingerprint density at radius 1 is 0.440 bits per heavy atom. The molecule has 0 aliphatic heterocycles. The van der Waals surface area contributed by atoms with Gasteiger partial charge in [0, 0.05) is 0 Å². The van der Waals surface area contributed by atoms with Crippen molar-refractivity contribution in [3.05, 3.63) is 94.0 Å². The van der Waals surface area contributed by atoms with Gasteiger partial charge in [-0.25, -0.2) is 0 Å². The van der Waals surface area contributed by atoms with Gasteiger partial charge in [0.15, 0.2) is 23.0 Å². The van der Waals surface area contributed by atoms with E-state index in [9.17, 15) is 0 Å². The average molecular weight is 675 g/mol. The van der Waals surface area contributed by atoms with Crippen LogP contribution in [0, 0.1) is 37.5 Å². The molecule has 2 aliphatic rings. The topological polar surface area (TPSA) is 36.9 Å². The minimum Gasteiger partial charge on any atom is -0.489 e. The maximum absolute atomic E-state index is 6.72. The van der Waals surface area contributed by atoms with Crippen LogP contribution in [-0.2, 0) is 5.41 Å². The molecule has 0 amide bonds. The molecule has 0 aromatic heterocycles. The number of benzene rings is 4. The third-order valence-corrected chi connectivity index (χ3v) is 10.9. The molecule has 0 saturated heterocycles. The molecule has 4 aromatic rings. The summed E-state index contributed by atoms with van der Waals surface area (Å²) in [6.45, 7) is 24.7. The summed E-state index contributed by atoms with van der Waals surface area (Å²) in [5.74, 6) is 4.92. The molecule has 0 N–H and O–H groups in total. The van der Waals surface area contributed by atoms with Crippen molar-refractivity contribution in [2.45, 2.75) is 93.9 Å². The molecule has 3 atom stereocenters. The van der Waals surface area contributed by atoms with Gasteiger partial charge in [0.1, 0.15) is 0 Å². The predicted octanol–water partition coefficient (Wildman–Crippen LogP) is 12.0. The Balaban J connectivity index is 1.68. The maximum Gasteiger partial charge on any atom is 0.161 e. The van der Waals surface area contributed by atoms with Crippen molar-refractivity contribution in [1.29, 1.82) is 0 Å². The van der Waals surface area contributed by atoms with E-state index in [1.807, 2.05) is 0 Å². The highest BCUT2D eigenvalue weighted by molar-refractivity contribution is 5.96. The maximum atomic E-state index is 6.72. The van der Waals surface area contributed by atoms with E-state index in [-0.39, 0.29) is 0 Å². The van der Waals surface area contributed by atoms with Crippen molar-refractivity contribution >= 4 is 0 Å². The number of hydrogen-bond acceptors (Lipinski definition) is 4. The number of hydrogen-bond donors (Lipinski definition) is 0. The standard InChI is InChI=1S/C46H58O4/c1-11-29(6)25-48-43-21-37-36-20-42(47-24-28(4)5)44(49-26-30(7)12-2)22-40(36)46(41(37)23-45(43)50-27-31(8)13-3)38-18-32(9)14-16-34(38)35-17-15-33(10)19-39(35)46/h14-23,28-31H,11-13,24-27H2,1-10H3. The van der Waals surface area contributed by atoms with E-state index in [0.29, 0.717) is 50.1 Å². The third-order valence-electron chi connectivity index (χ3n) is 10.9. The van der Waals surface area contributed by atoms with Crippen LogP contribution >= 0.6 is 0 Å². The van der Waals surface area contributed by atoms with Gasteiger partial charge in [0.25, 0.3) is 0 Å². The fourth-order valence-corrected chi connectivity index (χ4v) is 7.22. The summed E-state index contributed by atoms with van der Waals surface area (Å²) in [5.41, 5.74) is 11.9. The van der Waals surface area contributed by atoms with E-state index in [1.54, 1.807) is 0 Å².